The number of hydrogen-bond acceptors (Lipinski definition) is 2. The van der Waals surface area contributed by atoms with E-state index in [1.807, 2.05) is 66.7 Å². The molecule has 1 aliphatic heterocycles. The second-order valence-electron chi connectivity index (χ2n) is 6.64. The van der Waals surface area contributed by atoms with Crippen molar-refractivity contribution in [3.63, 3.8) is 0 Å². The van der Waals surface area contributed by atoms with Gasteiger partial charge in [0.15, 0.2) is 6.10 Å². The highest BCUT2D eigenvalue weighted by atomic mass is 35.5. The summed E-state index contributed by atoms with van der Waals surface area (Å²) in [6.07, 6.45) is 0.262. The van der Waals surface area contributed by atoms with E-state index in [2.05, 4.69) is 6.07 Å². The lowest BCUT2D eigenvalue weighted by molar-refractivity contribution is -0.124. The number of para-hydroxylation sites is 1. The average Bonchev–Trinajstić information content (AvgIpc) is 3.13. The van der Waals surface area contributed by atoms with Gasteiger partial charge in [0.25, 0.3) is 5.91 Å². The maximum absolute atomic E-state index is 12.9. The van der Waals surface area contributed by atoms with Crippen LogP contribution in [0.2, 0.25) is 5.02 Å². The summed E-state index contributed by atoms with van der Waals surface area (Å²) in [7, 11) is 0. The zero-order valence-corrected chi connectivity index (χ0v) is 15.8. The number of carbonyl (C=O) groups is 1. The fourth-order valence-corrected chi connectivity index (χ4v) is 3.66. The molecule has 0 N–H and O–H groups in total. The Balaban J connectivity index is 1.50. The van der Waals surface area contributed by atoms with Crippen molar-refractivity contribution >= 4 is 23.2 Å². The van der Waals surface area contributed by atoms with Crippen LogP contribution in [0.25, 0.3) is 11.1 Å². The number of anilines is 1. The Morgan fingerprint density at radius 3 is 2.52 bits per heavy atom. The van der Waals surface area contributed by atoms with Gasteiger partial charge in [-0.1, -0.05) is 66.2 Å². The van der Waals surface area contributed by atoms with Crippen LogP contribution in [0, 0.1) is 0 Å². The van der Waals surface area contributed by atoms with Crippen LogP contribution < -0.4 is 9.64 Å². The Morgan fingerprint density at radius 2 is 1.74 bits per heavy atom. The minimum Gasteiger partial charge on any atom is -0.479 e. The summed E-state index contributed by atoms with van der Waals surface area (Å²) in [6, 6.07) is 23.7. The maximum Gasteiger partial charge on any atom is 0.267 e. The fourth-order valence-electron chi connectivity index (χ4n) is 3.43. The second kappa shape index (κ2) is 7.45. The van der Waals surface area contributed by atoms with Crippen molar-refractivity contribution < 1.29 is 9.53 Å². The lowest BCUT2D eigenvalue weighted by atomic mass is 10.1. The molecule has 0 bridgehead atoms. The third-order valence-electron chi connectivity index (χ3n) is 4.84. The summed E-state index contributed by atoms with van der Waals surface area (Å²) < 4.78 is 5.90. The molecule has 0 radical (unpaired) electrons. The third-order valence-corrected chi connectivity index (χ3v) is 5.14. The molecule has 1 atom stereocenters. The molecular formula is C23H20ClNO2. The third kappa shape index (κ3) is 3.56. The molecule has 0 fully saturated rings. The minimum absolute atomic E-state index is 0.0526. The van der Waals surface area contributed by atoms with E-state index in [1.54, 1.807) is 11.8 Å². The molecule has 1 heterocycles. The number of amides is 1. The van der Waals surface area contributed by atoms with Gasteiger partial charge in [0.2, 0.25) is 0 Å². The molecule has 4 rings (SSSR count). The van der Waals surface area contributed by atoms with Crippen LogP contribution in [0.1, 0.15) is 12.5 Å². The quantitative estimate of drug-likeness (QED) is 0.612. The molecule has 27 heavy (non-hydrogen) atoms. The molecule has 0 unspecified atom stereocenters. The molecule has 3 aromatic rings. The van der Waals surface area contributed by atoms with E-state index in [-0.39, 0.29) is 5.91 Å². The first kappa shape index (κ1) is 17.6. The molecule has 4 heteroatoms. The molecular weight excluding hydrogens is 358 g/mol. The number of fused-ring (bicyclic) bond motifs is 1. The average molecular weight is 378 g/mol. The number of rotatable bonds is 4. The van der Waals surface area contributed by atoms with Crippen molar-refractivity contribution in [3.05, 3.63) is 83.4 Å². The van der Waals surface area contributed by atoms with Gasteiger partial charge in [-0.25, -0.2) is 0 Å². The summed E-state index contributed by atoms with van der Waals surface area (Å²) in [5.41, 5.74) is 4.27. The number of halogens is 1. The standard InChI is InChI=1S/C23H20ClNO2/c1-16(23(26)25-14-13-18-9-5-6-10-21(18)25)27-22-12-11-19(15-20(22)24)17-7-3-2-4-8-17/h2-12,15-16H,13-14H2,1H3/t16-/m0/s1. The Labute approximate surface area is 164 Å². The lowest BCUT2D eigenvalue weighted by Gasteiger charge is -2.23. The summed E-state index contributed by atoms with van der Waals surface area (Å²) in [5, 5.41) is 0.498. The van der Waals surface area contributed by atoms with E-state index in [9.17, 15) is 4.79 Å². The first-order valence-electron chi connectivity index (χ1n) is 9.04. The molecule has 3 nitrogen and oxygen atoms in total. The highest BCUT2D eigenvalue weighted by molar-refractivity contribution is 6.32. The molecule has 3 aromatic carbocycles. The number of ether oxygens (including phenoxy) is 1. The summed E-state index contributed by atoms with van der Waals surface area (Å²) in [4.78, 5) is 14.7. The maximum atomic E-state index is 12.9. The van der Waals surface area contributed by atoms with Gasteiger partial charge >= 0.3 is 0 Å². The number of nitrogens with zero attached hydrogens (tertiary/aromatic N) is 1. The van der Waals surface area contributed by atoms with Crippen molar-refractivity contribution in [1.82, 2.24) is 0 Å². The van der Waals surface area contributed by atoms with E-state index >= 15 is 0 Å². The van der Waals surface area contributed by atoms with Crippen molar-refractivity contribution in [3.8, 4) is 16.9 Å². The van der Waals surface area contributed by atoms with Crippen LogP contribution in [-0.2, 0) is 11.2 Å². The predicted molar refractivity (Wildman–Crippen MR) is 109 cm³/mol. The van der Waals surface area contributed by atoms with Crippen LogP contribution in [0.3, 0.4) is 0 Å². The van der Waals surface area contributed by atoms with E-state index in [4.69, 9.17) is 16.3 Å². The van der Waals surface area contributed by atoms with Crippen molar-refractivity contribution in [2.24, 2.45) is 0 Å². The number of carbonyl (C=O) groups excluding carboxylic acids is 1. The lowest BCUT2D eigenvalue weighted by Crippen LogP contribution is -2.39. The largest absolute Gasteiger partial charge is 0.479 e. The normalized spacial score (nSPS) is 13.9. The zero-order valence-electron chi connectivity index (χ0n) is 15.1. The summed E-state index contributed by atoms with van der Waals surface area (Å²) in [5.74, 6) is 0.466. The van der Waals surface area contributed by atoms with Gasteiger partial charge in [0, 0.05) is 12.2 Å². The van der Waals surface area contributed by atoms with E-state index in [1.165, 1.54) is 5.56 Å². The van der Waals surface area contributed by atoms with Crippen molar-refractivity contribution in [2.45, 2.75) is 19.4 Å². The second-order valence-corrected chi connectivity index (χ2v) is 7.05. The highest BCUT2D eigenvalue weighted by Crippen LogP contribution is 2.32. The van der Waals surface area contributed by atoms with Gasteiger partial charge < -0.3 is 9.64 Å². The fraction of sp³-hybridized carbons (Fsp3) is 0.174. The number of benzene rings is 3. The van der Waals surface area contributed by atoms with Crippen molar-refractivity contribution in [2.75, 3.05) is 11.4 Å². The van der Waals surface area contributed by atoms with Gasteiger partial charge in [0.1, 0.15) is 5.75 Å². The molecule has 1 amide bonds. The zero-order chi connectivity index (χ0) is 18.8. The van der Waals surface area contributed by atoms with Crippen molar-refractivity contribution in [1.29, 1.82) is 0 Å². The monoisotopic (exact) mass is 377 g/mol. The minimum atomic E-state index is -0.615. The Kier molecular flexibility index (Phi) is 4.87. The smallest absolute Gasteiger partial charge is 0.267 e. The van der Waals surface area contributed by atoms with E-state index < -0.39 is 6.10 Å². The summed E-state index contributed by atoms with van der Waals surface area (Å²) >= 11 is 6.42. The van der Waals surface area contributed by atoms with E-state index in [0.717, 1.165) is 23.2 Å². The molecule has 0 spiro atoms. The van der Waals surface area contributed by atoms with Gasteiger partial charge in [-0.15, -0.1) is 0 Å². The molecule has 0 saturated carbocycles. The Morgan fingerprint density at radius 1 is 1.00 bits per heavy atom. The molecule has 0 aliphatic carbocycles. The summed E-state index contributed by atoms with van der Waals surface area (Å²) in [6.45, 7) is 2.46. The Bertz CT molecular complexity index is 971. The van der Waals surface area contributed by atoms with Gasteiger partial charge in [-0.3, -0.25) is 4.79 Å². The van der Waals surface area contributed by atoms with Crippen LogP contribution in [0.15, 0.2) is 72.8 Å². The van der Waals surface area contributed by atoms with Gasteiger partial charge in [-0.2, -0.15) is 0 Å². The first-order valence-corrected chi connectivity index (χ1v) is 9.42. The molecule has 136 valence electrons. The van der Waals surface area contributed by atoms with Gasteiger partial charge in [-0.05, 0) is 48.2 Å². The van der Waals surface area contributed by atoms with E-state index in [0.29, 0.717) is 17.3 Å². The molecule has 1 aliphatic rings. The van der Waals surface area contributed by atoms with Gasteiger partial charge in [0.05, 0.1) is 5.02 Å². The van der Waals surface area contributed by atoms with Crippen LogP contribution in [0.4, 0.5) is 5.69 Å². The van der Waals surface area contributed by atoms with Crippen LogP contribution in [0.5, 0.6) is 5.75 Å². The number of hydrogen-bond donors (Lipinski definition) is 0. The predicted octanol–water partition coefficient (Wildman–Crippen LogP) is 5.36. The highest BCUT2D eigenvalue weighted by Gasteiger charge is 2.29. The first-order chi connectivity index (χ1) is 13.1. The molecule has 0 saturated heterocycles. The Hall–Kier alpha value is -2.78. The SMILES string of the molecule is C[C@H](Oc1ccc(-c2ccccc2)cc1Cl)C(=O)N1CCc2ccccc21. The molecule has 0 aromatic heterocycles. The van der Waals surface area contributed by atoms with Crippen LogP contribution in [-0.4, -0.2) is 18.6 Å². The van der Waals surface area contributed by atoms with Crippen LogP contribution >= 0.6 is 11.6 Å². The topological polar surface area (TPSA) is 29.5 Å².